The minimum atomic E-state index is -3.98. The number of nitrogens with one attached hydrogen (secondary N) is 1. The number of Topliss-reactive ketones (excluding diaryl/α,β-unsaturated/α-hetero) is 1. The predicted octanol–water partition coefficient (Wildman–Crippen LogP) is 9.33. The normalized spacial score (nSPS) is 26.7. The SMILES string of the molecule is COc1ccc2c(O[C@@H]3C[C@H]4C(=O)C[C@]5(C(=O)NS(=O)(=O)C6(C)CC6)CC5(C)/C=C\CCCCC[C@H](Cc5cc(C)cc(F)c5)C(=O)N4C3)cc(-c3nc(C(C)C)cs3)nc2c1C. The van der Waals surface area contributed by atoms with Gasteiger partial charge in [-0.2, -0.15) is 0 Å². The van der Waals surface area contributed by atoms with E-state index >= 15 is 9.59 Å². The Morgan fingerprint density at radius 3 is 2.52 bits per heavy atom. The average molecular weight is 899 g/mol. The van der Waals surface area contributed by atoms with Crippen molar-refractivity contribution in [3.63, 3.8) is 0 Å². The van der Waals surface area contributed by atoms with Crippen molar-refractivity contribution in [2.75, 3.05) is 13.7 Å². The Kier molecular flexibility index (Phi) is 12.1. The zero-order chi connectivity index (χ0) is 45.1. The van der Waals surface area contributed by atoms with Crippen molar-refractivity contribution in [1.82, 2.24) is 19.6 Å². The Bertz CT molecular complexity index is 2580. The summed E-state index contributed by atoms with van der Waals surface area (Å²) in [4.78, 5) is 56.0. The number of hydrogen-bond donors (Lipinski definition) is 1. The number of ketones is 1. The molecule has 0 radical (unpaired) electrons. The molecule has 0 bridgehead atoms. The third kappa shape index (κ3) is 8.78. The largest absolute Gasteiger partial charge is 0.496 e. The number of sulfonamides is 1. The lowest BCUT2D eigenvalue weighted by atomic mass is 9.85. The number of benzene rings is 2. The minimum absolute atomic E-state index is 0.0973. The summed E-state index contributed by atoms with van der Waals surface area (Å²) in [5, 5.41) is 3.50. The summed E-state index contributed by atoms with van der Waals surface area (Å²) in [6.45, 7) is 11.6. The molecule has 5 atom stereocenters. The van der Waals surface area contributed by atoms with E-state index in [2.05, 4.69) is 18.6 Å². The van der Waals surface area contributed by atoms with Gasteiger partial charge >= 0.3 is 0 Å². The van der Waals surface area contributed by atoms with Crippen LogP contribution < -0.4 is 14.2 Å². The first-order chi connectivity index (χ1) is 29.9. The second-order valence-corrected chi connectivity index (χ2v) is 22.3. The van der Waals surface area contributed by atoms with Gasteiger partial charge in [-0.25, -0.2) is 22.8 Å². The molecule has 1 unspecified atom stereocenters. The monoisotopic (exact) mass is 898 g/mol. The number of hydrogen-bond acceptors (Lipinski definition) is 10. The van der Waals surface area contributed by atoms with E-state index in [1.54, 1.807) is 18.9 Å². The molecule has 4 aromatic rings. The second kappa shape index (κ2) is 17.0. The average Bonchev–Trinajstić information content (AvgIpc) is 3.91. The molecule has 14 heteroatoms. The number of rotatable bonds is 10. The van der Waals surface area contributed by atoms with Crippen molar-refractivity contribution in [1.29, 1.82) is 0 Å². The zero-order valence-electron chi connectivity index (χ0n) is 37.4. The van der Waals surface area contributed by atoms with Crippen LogP contribution in [0, 0.1) is 36.4 Å². The number of aromatic nitrogens is 2. The van der Waals surface area contributed by atoms with Crippen molar-refractivity contribution in [2.24, 2.45) is 16.7 Å². The first-order valence-corrected chi connectivity index (χ1v) is 24.7. The maximum atomic E-state index is 15.1. The molecule has 2 saturated carbocycles. The van der Waals surface area contributed by atoms with Gasteiger partial charge in [0.2, 0.25) is 21.8 Å². The van der Waals surface area contributed by atoms with E-state index in [1.165, 1.54) is 23.5 Å². The first kappa shape index (κ1) is 44.9. The third-order valence-corrected chi connectivity index (χ3v) is 17.2. The lowest BCUT2D eigenvalue weighted by Crippen LogP contribution is -2.47. The molecule has 2 aromatic carbocycles. The lowest BCUT2D eigenvalue weighted by Gasteiger charge is -2.30. The summed E-state index contributed by atoms with van der Waals surface area (Å²) >= 11 is 1.50. The number of fused-ring (bicyclic) bond motifs is 3. The fourth-order valence-corrected chi connectivity index (χ4v) is 12.0. The number of allylic oxidation sites excluding steroid dienone is 2. The molecule has 4 aliphatic rings. The summed E-state index contributed by atoms with van der Waals surface area (Å²) in [7, 11) is -2.37. The van der Waals surface area contributed by atoms with Gasteiger partial charge in [-0.1, -0.05) is 51.8 Å². The molecule has 1 N–H and O–H groups in total. The Morgan fingerprint density at radius 2 is 1.83 bits per heavy atom. The molecule has 0 spiro atoms. The number of thiazole rings is 1. The van der Waals surface area contributed by atoms with Crippen LogP contribution in [0.25, 0.3) is 21.6 Å². The highest BCUT2D eigenvalue weighted by Crippen LogP contribution is 2.67. The molecule has 1 saturated heterocycles. The Labute approximate surface area is 374 Å². The quantitative estimate of drug-likeness (QED) is 0.154. The van der Waals surface area contributed by atoms with Crippen LogP contribution in [-0.2, 0) is 30.8 Å². The van der Waals surface area contributed by atoms with Crippen LogP contribution in [0.4, 0.5) is 4.39 Å². The maximum Gasteiger partial charge on any atom is 0.241 e. The lowest BCUT2D eigenvalue weighted by molar-refractivity contribution is -0.142. The highest BCUT2D eigenvalue weighted by molar-refractivity contribution is 7.91. The molecular formula is C49H59FN4O7S2. The molecule has 2 aromatic heterocycles. The van der Waals surface area contributed by atoms with Crippen molar-refractivity contribution in [2.45, 2.75) is 135 Å². The van der Waals surface area contributed by atoms with Crippen molar-refractivity contribution < 1.29 is 36.7 Å². The second-order valence-electron chi connectivity index (χ2n) is 19.3. The molecule has 2 amide bonds. The smallest absolute Gasteiger partial charge is 0.241 e. The molecular weight excluding hydrogens is 840 g/mol. The number of pyridine rings is 1. The van der Waals surface area contributed by atoms with Crippen LogP contribution in [0.3, 0.4) is 0 Å². The first-order valence-electron chi connectivity index (χ1n) is 22.3. The van der Waals surface area contributed by atoms with E-state index in [-0.39, 0.29) is 42.8 Å². The minimum Gasteiger partial charge on any atom is -0.496 e. The van der Waals surface area contributed by atoms with E-state index in [9.17, 15) is 17.6 Å². The van der Waals surface area contributed by atoms with Crippen molar-refractivity contribution in [3.05, 3.63) is 82.1 Å². The van der Waals surface area contributed by atoms with Gasteiger partial charge in [-0.3, -0.25) is 19.1 Å². The van der Waals surface area contributed by atoms with Crippen LogP contribution in [0.2, 0.25) is 0 Å². The number of amides is 2. The van der Waals surface area contributed by atoms with Gasteiger partial charge in [0.25, 0.3) is 0 Å². The fraction of sp³-hybridized carbons (Fsp3) is 0.531. The summed E-state index contributed by atoms with van der Waals surface area (Å²) in [5.74, 6) is -0.713. The van der Waals surface area contributed by atoms with Gasteiger partial charge in [0.15, 0.2) is 5.78 Å². The summed E-state index contributed by atoms with van der Waals surface area (Å²) in [6, 6.07) is 9.51. The van der Waals surface area contributed by atoms with Gasteiger partial charge < -0.3 is 14.4 Å². The Balaban J connectivity index is 1.17. The standard InChI is InChI=1S/C49H59FN4O7S2/c1-29(2)38-27-62-44(52-38)37-24-42(36-14-15-41(60-7)31(4)43(36)51-37)61-35-23-39-40(55)25-49(46(57)53-63(58,59)48(6)17-18-48)28-47(49,5)16-12-10-8-9-11-13-33(45(56)54(39)26-35)21-32-19-30(3)20-34(50)22-32/h12,14-16,19-20,22,24,27,29,33,35,39H,8-11,13,17-18,21,23,25-26,28H2,1-7H3,(H,53,57)/b16-12-/t33-,35-,39+,47?,49-/m1/s1. The number of nitrogens with zero attached hydrogens (tertiary/aromatic N) is 3. The third-order valence-electron chi connectivity index (χ3n) is 14.1. The van der Waals surface area contributed by atoms with Gasteiger partial charge in [0.05, 0.1) is 41.1 Å². The summed E-state index contributed by atoms with van der Waals surface area (Å²) in [6.07, 6.45) is 8.57. The number of methoxy groups -OCH3 is 1. The number of ether oxygens (including phenoxy) is 2. The molecule has 11 nitrogen and oxygen atoms in total. The van der Waals surface area contributed by atoms with Crippen molar-refractivity contribution in [3.8, 4) is 22.2 Å². The number of carbonyl (C=O) groups is 3. The highest BCUT2D eigenvalue weighted by Gasteiger charge is 2.69. The molecule has 2 aliphatic heterocycles. The molecule has 2 aliphatic carbocycles. The van der Waals surface area contributed by atoms with Crippen LogP contribution >= 0.6 is 11.3 Å². The Morgan fingerprint density at radius 1 is 1.05 bits per heavy atom. The predicted molar refractivity (Wildman–Crippen MR) is 243 cm³/mol. The van der Waals surface area contributed by atoms with Gasteiger partial charge in [-0.15, -0.1) is 11.3 Å². The van der Waals surface area contributed by atoms with Crippen LogP contribution in [0.15, 0.2) is 53.9 Å². The van der Waals surface area contributed by atoms with E-state index in [4.69, 9.17) is 19.4 Å². The van der Waals surface area contributed by atoms with Crippen molar-refractivity contribution >= 4 is 49.9 Å². The highest BCUT2D eigenvalue weighted by atomic mass is 32.2. The fourth-order valence-electron chi connectivity index (χ4n) is 9.71. The van der Waals surface area contributed by atoms with E-state index < -0.39 is 49.6 Å². The molecule has 336 valence electrons. The van der Waals surface area contributed by atoms with E-state index in [0.717, 1.165) is 52.9 Å². The number of aryl methyl sites for hydroxylation is 2. The van der Waals surface area contributed by atoms with Gasteiger partial charge in [0.1, 0.15) is 34.1 Å². The van der Waals surface area contributed by atoms with Gasteiger partial charge in [-0.05, 0) is 107 Å². The number of halogens is 1. The van der Waals surface area contributed by atoms with Gasteiger partial charge in [0, 0.05) is 46.6 Å². The van der Waals surface area contributed by atoms with Crippen LogP contribution in [-0.4, -0.2) is 71.4 Å². The number of carbonyl (C=O) groups excluding carboxylic acids is 3. The summed E-state index contributed by atoms with van der Waals surface area (Å²) < 4.78 is 55.6. The zero-order valence-corrected chi connectivity index (χ0v) is 39.0. The van der Waals surface area contributed by atoms with Crippen LogP contribution in [0.5, 0.6) is 11.5 Å². The Hall–Kier alpha value is -4.69. The van der Waals surface area contributed by atoms with E-state index in [1.807, 2.05) is 62.6 Å². The molecule has 3 fully saturated rings. The van der Waals surface area contributed by atoms with Crippen LogP contribution in [0.1, 0.15) is 120 Å². The molecule has 4 heterocycles. The summed E-state index contributed by atoms with van der Waals surface area (Å²) in [5.41, 5.74) is 2.47. The maximum absolute atomic E-state index is 15.1. The molecule has 8 rings (SSSR count). The van der Waals surface area contributed by atoms with E-state index in [0.29, 0.717) is 60.4 Å². The topological polar surface area (TPSA) is 145 Å². The molecule has 63 heavy (non-hydrogen) atoms.